The Morgan fingerprint density at radius 2 is 2.00 bits per heavy atom. The standard InChI is InChI=1S/C14H17N3O3/c1-8(18)15-6-5-11-12-7-10(16-9(2)19)3-4-13(12)17-14(11)20/h3-4,7,11H,5-6H2,1-2H3,(H,15,18)(H,16,19)(H,17,20)/t11-/m1/s1. The molecule has 0 saturated heterocycles. The molecule has 1 aliphatic rings. The fraction of sp³-hybridized carbons (Fsp3) is 0.357. The third-order valence-electron chi connectivity index (χ3n) is 3.13. The van der Waals surface area contributed by atoms with Crippen LogP contribution in [0.15, 0.2) is 18.2 Å². The number of amides is 3. The molecule has 2 rings (SSSR count). The number of anilines is 2. The van der Waals surface area contributed by atoms with Crippen molar-refractivity contribution < 1.29 is 14.4 Å². The molecular formula is C14H17N3O3. The number of carbonyl (C=O) groups is 3. The Bertz CT molecular complexity index is 569. The highest BCUT2D eigenvalue weighted by molar-refractivity contribution is 6.03. The van der Waals surface area contributed by atoms with Gasteiger partial charge in [-0.25, -0.2) is 0 Å². The smallest absolute Gasteiger partial charge is 0.232 e. The summed E-state index contributed by atoms with van der Waals surface area (Å²) < 4.78 is 0. The van der Waals surface area contributed by atoms with Crippen LogP contribution >= 0.6 is 0 Å². The Hall–Kier alpha value is -2.37. The fourth-order valence-electron chi connectivity index (χ4n) is 2.29. The highest BCUT2D eigenvalue weighted by Crippen LogP contribution is 2.36. The summed E-state index contributed by atoms with van der Waals surface area (Å²) in [6.07, 6.45) is 0.530. The van der Waals surface area contributed by atoms with E-state index >= 15 is 0 Å². The molecule has 0 saturated carbocycles. The summed E-state index contributed by atoms with van der Waals surface area (Å²) in [5.74, 6) is -0.650. The number of nitrogens with one attached hydrogen (secondary N) is 3. The number of carbonyl (C=O) groups excluding carboxylic acids is 3. The summed E-state index contributed by atoms with van der Waals surface area (Å²) >= 11 is 0. The predicted molar refractivity (Wildman–Crippen MR) is 75.4 cm³/mol. The maximum Gasteiger partial charge on any atom is 0.232 e. The molecule has 1 aromatic rings. The van der Waals surface area contributed by atoms with E-state index < -0.39 is 0 Å². The summed E-state index contributed by atoms with van der Waals surface area (Å²) in [6, 6.07) is 5.32. The van der Waals surface area contributed by atoms with Crippen LogP contribution in [0, 0.1) is 0 Å². The topological polar surface area (TPSA) is 87.3 Å². The van der Waals surface area contributed by atoms with E-state index in [0.717, 1.165) is 11.3 Å². The molecule has 0 spiro atoms. The first-order valence-electron chi connectivity index (χ1n) is 6.44. The van der Waals surface area contributed by atoms with E-state index in [1.807, 2.05) is 0 Å². The second-order valence-electron chi connectivity index (χ2n) is 4.80. The summed E-state index contributed by atoms with van der Waals surface area (Å²) in [4.78, 5) is 33.9. The Morgan fingerprint density at radius 1 is 1.25 bits per heavy atom. The maximum absolute atomic E-state index is 11.9. The zero-order valence-electron chi connectivity index (χ0n) is 11.4. The lowest BCUT2D eigenvalue weighted by molar-refractivity contribution is -0.120. The summed E-state index contributed by atoms with van der Waals surface area (Å²) in [7, 11) is 0. The molecule has 6 heteroatoms. The molecule has 0 radical (unpaired) electrons. The molecule has 0 unspecified atom stereocenters. The van der Waals surface area contributed by atoms with Crippen LogP contribution in [0.3, 0.4) is 0 Å². The van der Waals surface area contributed by atoms with Crippen molar-refractivity contribution in [2.75, 3.05) is 17.2 Å². The average molecular weight is 275 g/mol. The van der Waals surface area contributed by atoms with Crippen molar-refractivity contribution in [2.24, 2.45) is 0 Å². The lowest BCUT2D eigenvalue weighted by atomic mass is 9.96. The molecule has 3 N–H and O–H groups in total. The number of fused-ring (bicyclic) bond motifs is 1. The Morgan fingerprint density at radius 3 is 2.65 bits per heavy atom. The normalized spacial score (nSPS) is 16.3. The minimum absolute atomic E-state index is 0.0784. The first-order valence-corrected chi connectivity index (χ1v) is 6.44. The van der Waals surface area contributed by atoms with Gasteiger partial charge in [0.05, 0.1) is 5.92 Å². The second kappa shape index (κ2) is 5.73. The van der Waals surface area contributed by atoms with Crippen molar-refractivity contribution in [1.82, 2.24) is 5.32 Å². The summed E-state index contributed by atoms with van der Waals surface area (Å²) in [5, 5.41) is 8.18. The molecule has 0 aromatic heterocycles. The van der Waals surface area contributed by atoms with Gasteiger partial charge in [0.25, 0.3) is 0 Å². The second-order valence-corrected chi connectivity index (χ2v) is 4.80. The van der Waals surface area contributed by atoms with Crippen molar-refractivity contribution in [3.05, 3.63) is 23.8 Å². The van der Waals surface area contributed by atoms with Gasteiger partial charge in [-0.3, -0.25) is 14.4 Å². The van der Waals surface area contributed by atoms with E-state index in [1.54, 1.807) is 18.2 Å². The molecule has 6 nitrogen and oxygen atoms in total. The molecule has 106 valence electrons. The lowest BCUT2D eigenvalue weighted by Gasteiger charge is -2.10. The van der Waals surface area contributed by atoms with Gasteiger partial charge in [-0.2, -0.15) is 0 Å². The van der Waals surface area contributed by atoms with E-state index in [4.69, 9.17) is 0 Å². The molecular weight excluding hydrogens is 258 g/mol. The Labute approximate surface area is 116 Å². The van der Waals surface area contributed by atoms with Gasteiger partial charge in [-0.1, -0.05) is 0 Å². The molecule has 1 heterocycles. The van der Waals surface area contributed by atoms with Crippen molar-refractivity contribution in [1.29, 1.82) is 0 Å². The largest absolute Gasteiger partial charge is 0.356 e. The highest BCUT2D eigenvalue weighted by Gasteiger charge is 2.30. The first kappa shape index (κ1) is 14.0. The van der Waals surface area contributed by atoms with Crippen molar-refractivity contribution in [3.63, 3.8) is 0 Å². The fourth-order valence-corrected chi connectivity index (χ4v) is 2.29. The number of hydrogen-bond acceptors (Lipinski definition) is 3. The van der Waals surface area contributed by atoms with E-state index in [9.17, 15) is 14.4 Å². The zero-order chi connectivity index (χ0) is 14.7. The summed E-state index contributed by atoms with van der Waals surface area (Å²) in [6.45, 7) is 3.32. The van der Waals surface area contributed by atoms with Crippen LogP contribution in [0.1, 0.15) is 31.7 Å². The maximum atomic E-state index is 11.9. The molecule has 1 atom stereocenters. The van der Waals surface area contributed by atoms with Crippen molar-refractivity contribution in [2.45, 2.75) is 26.2 Å². The van der Waals surface area contributed by atoms with Crippen LogP contribution < -0.4 is 16.0 Å². The minimum atomic E-state index is -0.300. The molecule has 0 fully saturated rings. The van der Waals surface area contributed by atoms with Crippen LogP contribution in [0.2, 0.25) is 0 Å². The van der Waals surface area contributed by atoms with Crippen LogP contribution in [-0.2, 0) is 14.4 Å². The third kappa shape index (κ3) is 3.14. The molecule has 20 heavy (non-hydrogen) atoms. The van der Waals surface area contributed by atoms with Gasteiger partial charge in [0.2, 0.25) is 17.7 Å². The SMILES string of the molecule is CC(=O)NCC[C@H]1C(=O)Nc2ccc(NC(C)=O)cc21. The van der Waals surface area contributed by atoms with Gasteiger partial charge in [0.1, 0.15) is 0 Å². The van der Waals surface area contributed by atoms with Crippen LogP contribution in [0.5, 0.6) is 0 Å². The number of rotatable bonds is 4. The minimum Gasteiger partial charge on any atom is -0.356 e. The number of benzene rings is 1. The van der Waals surface area contributed by atoms with Gasteiger partial charge in [-0.05, 0) is 30.2 Å². The predicted octanol–water partition coefficient (Wildman–Crippen LogP) is 1.21. The monoisotopic (exact) mass is 275 g/mol. The van der Waals surface area contributed by atoms with Gasteiger partial charge in [0, 0.05) is 31.8 Å². The Balaban J connectivity index is 2.14. The quantitative estimate of drug-likeness (QED) is 0.771. The molecule has 3 amide bonds. The first-order chi connectivity index (χ1) is 9.47. The lowest BCUT2D eigenvalue weighted by Crippen LogP contribution is -2.24. The number of hydrogen-bond donors (Lipinski definition) is 3. The van der Waals surface area contributed by atoms with Crippen molar-refractivity contribution >= 4 is 29.1 Å². The molecule has 1 aromatic carbocycles. The molecule has 0 bridgehead atoms. The van der Waals surface area contributed by atoms with E-state index in [-0.39, 0.29) is 23.6 Å². The van der Waals surface area contributed by atoms with Gasteiger partial charge in [0.15, 0.2) is 0 Å². The van der Waals surface area contributed by atoms with Crippen LogP contribution in [-0.4, -0.2) is 24.3 Å². The summed E-state index contributed by atoms with van der Waals surface area (Å²) in [5.41, 5.74) is 2.28. The van der Waals surface area contributed by atoms with E-state index in [1.165, 1.54) is 13.8 Å². The molecule has 1 aliphatic heterocycles. The van der Waals surface area contributed by atoms with E-state index in [0.29, 0.717) is 18.7 Å². The van der Waals surface area contributed by atoms with E-state index in [2.05, 4.69) is 16.0 Å². The third-order valence-corrected chi connectivity index (χ3v) is 3.13. The van der Waals surface area contributed by atoms with Gasteiger partial charge >= 0.3 is 0 Å². The van der Waals surface area contributed by atoms with Gasteiger partial charge in [-0.15, -0.1) is 0 Å². The van der Waals surface area contributed by atoms with Gasteiger partial charge < -0.3 is 16.0 Å². The highest BCUT2D eigenvalue weighted by atomic mass is 16.2. The molecule has 0 aliphatic carbocycles. The zero-order valence-corrected chi connectivity index (χ0v) is 11.4. The van der Waals surface area contributed by atoms with Crippen LogP contribution in [0.25, 0.3) is 0 Å². The van der Waals surface area contributed by atoms with Crippen LogP contribution in [0.4, 0.5) is 11.4 Å². The Kier molecular flexibility index (Phi) is 4.02. The van der Waals surface area contributed by atoms with Crippen molar-refractivity contribution in [3.8, 4) is 0 Å². The average Bonchev–Trinajstić information content (AvgIpc) is 2.65.